The molecule has 0 N–H and O–H groups in total. The van der Waals surface area contributed by atoms with Crippen LogP contribution in [-0.4, -0.2) is 0 Å². The third-order valence-electron chi connectivity index (χ3n) is 6.73. The van der Waals surface area contributed by atoms with Crippen LogP contribution in [0.25, 0.3) is 0 Å². The topological polar surface area (TPSA) is 0 Å². The Kier molecular flexibility index (Phi) is 6.43. The van der Waals surface area contributed by atoms with E-state index in [0.717, 1.165) is 35.5 Å². The quantitative estimate of drug-likeness (QED) is 0.434. The van der Waals surface area contributed by atoms with Crippen molar-refractivity contribution in [3.63, 3.8) is 0 Å². The molecule has 0 aromatic rings. The zero-order valence-electron chi connectivity index (χ0n) is 14.5. The van der Waals surface area contributed by atoms with Crippen molar-refractivity contribution in [1.82, 2.24) is 0 Å². The number of hydrogen-bond acceptors (Lipinski definition) is 0. The summed E-state index contributed by atoms with van der Waals surface area (Å²) in [6.07, 6.45) is 14.8. The minimum Gasteiger partial charge on any atom is -0.0654 e. The van der Waals surface area contributed by atoms with E-state index in [4.69, 9.17) is 0 Å². The second-order valence-corrected chi connectivity index (χ2v) is 8.06. The number of rotatable bonds is 8. The Hall–Kier alpha value is 0. The highest BCUT2D eigenvalue weighted by atomic mass is 14.5. The second-order valence-electron chi connectivity index (χ2n) is 8.06. The maximum Gasteiger partial charge on any atom is -0.0329 e. The Morgan fingerprint density at radius 2 is 1.65 bits per heavy atom. The predicted molar refractivity (Wildman–Crippen MR) is 89.8 cm³/mol. The third kappa shape index (κ3) is 3.60. The van der Waals surface area contributed by atoms with Crippen molar-refractivity contribution in [2.45, 2.75) is 91.9 Å². The molecule has 118 valence electrons. The second kappa shape index (κ2) is 7.85. The summed E-state index contributed by atoms with van der Waals surface area (Å²) >= 11 is 0. The van der Waals surface area contributed by atoms with Gasteiger partial charge in [-0.25, -0.2) is 0 Å². The van der Waals surface area contributed by atoms with E-state index >= 15 is 0 Å². The Balaban J connectivity index is 1.96. The Labute approximate surface area is 128 Å². The maximum atomic E-state index is 2.57. The fourth-order valence-electron chi connectivity index (χ4n) is 5.72. The lowest BCUT2D eigenvalue weighted by atomic mass is 9.70. The van der Waals surface area contributed by atoms with Crippen LogP contribution in [0.2, 0.25) is 0 Å². The first-order valence-electron chi connectivity index (χ1n) is 9.69. The zero-order valence-corrected chi connectivity index (χ0v) is 14.5. The van der Waals surface area contributed by atoms with Crippen molar-refractivity contribution < 1.29 is 0 Å². The van der Waals surface area contributed by atoms with E-state index in [1.54, 1.807) is 19.3 Å². The average molecular weight is 279 g/mol. The summed E-state index contributed by atoms with van der Waals surface area (Å²) in [5.74, 6) is 6.31. The number of fused-ring (bicyclic) bond motifs is 1. The highest BCUT2D eigenvalue weighted by Crippen LogP contribution is 2.55. The SMILES string of the molecule is CCCCCC(C)C(CCC)C1CCC2CCC(C)C21. The van der Waals surface area contributed by atoms with Gasteiger partial charge in [0.15, 0.2) is 0 Å². The normalized spacial score (nSPS) is 36.0. The largest absolute Gasteiger partial charge is 0.0654 e. The molecule has 2 rings (SSSR count). The van der Waals surface area contributed by atoms with Gasteiger partial charge >= 0.3 is 0 Å². The minimum atomic E-state index is 0.970. The molecule has 0 aromatic heterocycles. The molecule has 2 saturated carbocycles. The molecular weight excluding hydrogens is 240 g/mol. The van der Waals surface area contributed by atoms with Crippen LogP contribution in [0.3, 0.4) is 0 Å². The molecule has 0 heterocycles. The summed E-state index contributed by atoms with van der Waals surface area (Å²) < 4.78 is 0. The summed E-state index contributed by atoms with van der Waals surface area (Å²) in [5, 5.41) is 0. The van der Waals surface area contributed by atoms with Crippen LogP contribution < -0.4 is 0 Å². The van der Waals surface area contributed by atoms with Gasteiger partial charge in [-0.05, 0) is 54.8 Å². The number of hydrogen-bond donors (Lipinski definition) is 0. The standard InChI is InChI=1S/C20H38/c1-5-7-8-10-15(3)18(9-6-2)19-14-13-17-12-11-16(4)20(17)19/h15-20H,5-14H2,1-4H3. The van der Waals surface area contributed by atoms with E-state index < -0.39 is 0 Å². The summed E-state index contributed by atoms with van der Waals surface area (Å²) in [6, 6.07) is 0. The first-order valence-corrected chi connectivity index (χ1v) is 9.69. The smallest absolute Gasteiger partial charge is 0.0329 e. The molecule has 2 aliphatic rings. The predicted octanol–water partition coefficient (Wildman–Crippen LogP) is 6.69. The van der Waals surface area contributed by atoms with Gasteiger partial charge in [0.1, 0.15) is 0 Å². The first-order chi connectivity index (χ1) is 9.69. The van der Waals surface area contributed by atoms with E-state index in [2.05, 4.69) is 27.7 Å². The lowest BCUT2D eigenvalue weighted by Gasteiger charge is -2.35. The zero-order chi connectivity index (χ0) is 14.5. The molecule has 2 fully saturated rings. The van der Waals surface area contributed by atoms with Crippen molar-refractivity contribution in [3.8, 4) is 0 Å². The van der Waals surface area contributed by atoms with Crippen LogP contribution in [-0.2, 0) is 0 Å². The highest BCUT2D eigenvalue weighted by Gasteiger charge is 2.46. The molecule has 0 aliphatic heterocycles. The van der Waals surface area contributed by atoms with E-state index in [1.807, 2.05) is 0 Å². The van der Waals surface area contributed by atoms with Crippen molar-refractivity contribution in [2.24, 2.45) is 35.5 Å². The average Bonchev–Trinajstić information content (AvgIpc) is 3.00. The van der Waals surface area contributed by atoms with Gasteiger partial charge in [0.05, 0.1) is 0 Å². The van der Waals surface area contributed by atoms with Crippen LogP contribution in [0.1, 0.15) is 91.9 Å². The molecular formula is C20H38. The summed E-state index contributed by atoms with van der Waals surface area (Å²) in [6.45, 7) is 9.85. The lowest BCUT2D eigenvalue weighted by molar-refractivity contribution is 0.140. The molecule has 0 nitrogen and oxygen atoms in total. The molecule has 2 aliphatic carbocycles. The highest BCUT2D eigenvalue weighted by molar-refractivity contribution is 4.95. The van der Waals surface area contributed by atoms with E-state index in [-0.39, 0.29) is 0 Å². The molecule has 0 aromatic carbocycles. The number of unbranched alkanes of at least 4 members (excludes halogenated alkanes) is 2. The molecule has 0 amide bonds. The molecule has 6 unspecified atom stereocenters. The fraction of sp³-hybridized carbons (Fsp3) is 1.00. The summed E-state index contributed by atoms with van der Waals surface area (Å²) in [5.41, 5.74) is 0. The molecule has 20 heavy (non-hydrogen) atoms. The lowest BCUT2D eigenvalue weighted by Crippen LogP contribution is -2.28. The van der Waals surface area contributed by atoms with Gasteiger partial charge in [0, 0.05) is 0 Å². The Bertz CT molecular complexity index is 269. The summed E-state index contributed by atoms with van der Waals surface area (Å²) in [7, 11) is 0. The van der Waals surface area contributed by atoms with Gasteiger partial charge < -0.3 is 0 Å². The van der Waals surface area contributed by atoms with Crippen molar-refractivity contribution in [2.75, 3.05) is 0 Å². The van der Waals surface area contributed by atoms with Crippen LogP contribution in [0.4, 0.5) is 0 Å². The molecule has 0 radical (unpaired) electrons. The van der Waals surface area contributed by atoms with E-state index in [1.165, 1.54) is 44.9 Å². The third-order valence-corrected chi connectivity index (χ3v) is 6.73. The summed E-state index contributed by atoms with van der Waals surface area (Å²) in [4.78, 5) is 0. The van der Waals surface area contributed by atoms with E-state index in [0.29, 0.717) is 0 Å². The van der Waals surface area contributed by atoms with Crippen LogP contribution in [0.5, 0.6) is 0 Å². The van der Waals surface area contributed by atoms with Crippen LogP contribution in [0.15, 0.2) is 0 Å². The molecule has 6 atom stereocenters. The van der Waals surface area contributed by atoms with Gasteiger partial charge in [-0.3, -0.25) is 0 Å². The minimum absolute atomic E-state index is 0.970. The fourth-order valence-corrected chi connectivity index (χ4v) is 5.72. The Morgan fingerprint density at radius 3 is 2.35 bits per heavy atom. The van der Waals surface area contributed by atoms with Gasteiger partial charge in [-0.1, -0.05) is 72.6 Å². The van der Waals surface area contributed by atoms with Crippen LogP contribution >= 0.6 is 0 Å². The van der Waals surface area contributed by atoms with E-state index in [9.17, 15) is 0 Å². The van der Waals surface area contributed by atoms with Crippen LogP contribution in [0, 0.1) is 35.5 Å². The molecule has 0 saturated heterocycles. The van der Waals surface area contributed by atoms with Crippen molar-refractivity contribution >= 4 is 0 Å². The maximum absolute atomic E-state index is 2.57. The van der Waals surface area contributed by atoms with Gasteiger partial charge in [-0.2, -0.15) is 0 Å². The van der Waals surface area contributed by atoms with Gasteiger partial charge in [-0.15, -0.1) is 0 Å². The van der Waals surface area contributed by atoms with Gasteiger partial charge in [0.25, 0.3) is 0 Å². The van der Waals surface area contributed by atoms with Crippen molar-refractivity contribution in [1.29, 1.82) is 0 Å². The molecule has 0 heteroatoms. The molecule has 0 bridgehead atoms. The first kappa shape index (κ1) is 16.4. The van der Waals surface area contributed by atoms with Gasteiger partial charge in [0.2, 0.25) is 0 Å². The monoisotopic (exact) mass is 278 g/mol. The molecule has 0 spiro atoms. The van der Waals surface area contributed by atoms with Crippen molar-refractivity contribution in [3.05, 3.63) is 0 Å². The Morgan fingerprint density at radius 1 is 0.900 bits per heavy atom.